The minimum absolute atomic E-state index is 0.105. The van der Waals surface area contributed by atoms with Crippen LogP contribution >= 0.6 is 0 Å². The molecular weight excluding hydrogens is 340 g/mol. The number of ketones is 1. The van der Waals surface area contributed by atoms with Crippen LogP contribution in [-0.2, 0) is 11.2 Å². The van der Waals surface area contributed by atoms with Crippen LogP contribution in [0.25, 0.3) is 0 Å². The lowest BCUT2D eigenvalue weighted by molar-refractivity contribution is 0.0976. The number of hydrogen-bond donors (Lipinski definition) is 0. The van der Waals surface area contributed by atoms with Crippen molar-refractivity contribution in [2.24, 2.45) is 0 Å². The zero-order valence-corrected chi connectivity index (χ0v) is 15.1. The average molecular weight is 362 g/mol. The van der Waals surface area contributed by atoms with Crippen molar-refractivity contribution in [1.82, 2.24) is 10.1 Å². The van der Waals surface area contributed by atoms with Crippen molar-refractivity contribution >= 4 is 5.78 Å². The minimum atomic E-state index is -0.105. The number of aromatic nitrogens is 2. The van der Waals surface area contributed by atoms with E-state index in [0.717, 1.165) is 6.42 Å². The summed E-state index contributed by atoms with van der Waals surface area (Å²) in [4.78, 5) is 17.0. The Morgan fingerprint density at radius 1 is 1.15 bits per heavy atom. The fraction of sp³-hybridized carbons (Fsp3) is 0.500. The van der Waals surface area contributed by atoms with Crippen LogP contribution in [-0.4, -0.2) is 50.5 Å². The molecule has 0 spiro atoms. The van der Waals surface area contributed by atoms with E-state index in [1.54, 1.807) is 12.1 Å². The van der Waals surface area contributed by atoms with Crippen LogP contribution < -0.4 is 14.2 Å². The molecule has 140 valence electrons. The average Bonchev–Trinajstić information content (AvgIpc) is 3.36. The summed E-state index contributed by atoms with van der Waals surface area (Å²) in [5.74, 6) is 2.57. The summed E-state index contributed by atoms with van der Waals surface area (Å²) in [5.41, 5.74) is 0.425. The van der Waals surface area contributed by atoms with Gasteiger partial charge in [0.2, 0.25) is 5.89 Å². The van der Waals surface area contributed by atoms with Gasteiger partial charge in [0.05, 0.1) is 33.5 Å². The first-order valence-corrected chi connectivity index (χ1v) is 8.39. The molecule has 1 aromatic carbocycles. The molecule has 0 bridgehead atoms. The number of methoxy groups -OCH3 is 3. The Labute approximate surface area is 151 Å². The molecular formula is C18H22N2O6. The Kier molecular flexibility index (Phi) is 5.72. The molecule has 0 aliphatic carbocycles. The highest BCUT2D eigenvalue weighted by Gasteiger charge is 2.24. The lowest BCUT2D eigenvalue weighted by Crippen LogP contribution is -2.06. The monoisotopic (exact) mass is 362 g/mol. The van der Waals surface area contributed by atoms with Crippen molar-refractivity contribution in [2.45, 2.75) is 25.2 Å². The van der Waals surface area contributed by atoms with Crippen molar-refractivity contribution in [3.8, 4) is 17.2 Å². The number of hydrogen-bond acceptors (Lipinski definition) is 8. The van der Waals surface area contributed by atoms with Crippen LogP contribution in [0.3, 0.4) is 0 Å². The number of benzene rings is 1. The highest BCUT2D eigenvalue weighted by molar-refractivity contribution is 5.99. The molecule has 8 heteroatoms. The first-order valence-electron chi connectivity index (χ1n) is 8.39. The molecule has 3 rings (SSSR count). The maximum atomic E-state index is 12.6. The van der Waals surface area contributed by atoms with Gasteiger partial charge in [-0.1, -0.05) is 5.16 Å². The number of rotatable bonds is 8. The molecule has 1 unspecified atom stereocenters. The molecule has 2 heterocycles. The SMILES string of the molecule is COc1cc(OC)c(C(=O)CCc2nc(C3CCOC3)no2)cc1OC. The molecule has 0 radical (unpaired) electrons. The quantitative estimate of drug-likeness (QED) is 0.661. The summed E-state index contributed by atoms with van der Waals surface area (Å²) in [6, 6.07) is 3.26. The summed E-state index contributed by atoms with van der Waals surface area (Å²) in [5, 5.41) is 3.99. The second-order valence-electron chi connectivity index (χ2n) is 5.94. The summed E-state index contributed by atoms with van der Waals surface area (Å²) in [6.45, 7) is 1.33. The summed E-state index contributed by atoms with van der Waals surface area (Å²) < 4.78 is 26.4. The smallest absolute Gasteiger partial charge is 0.227 e. The van der Waals surface area contributed by atoms with Crippen LogP contribution in [0.2, 0.25) is 0 Å². The van der Waals surface area contributed by atoms with Gasteiger partial charge in [-0.2, -0.15) is 4.98 Å². The molecule has 2 aromatic rings. The van der Waals surface area contributed by atoms with Crippen LogP contribution in [0, 0.1) is 0 Å². The zero-order chi connectivity index (χ0) is 18.5. The van der Waals surface area contributed by atoms with Crippen LogP contribution in [0.1, 0.15) is 40.8 Å². The van der Waals surface area contributed by atoms with Crippen molar-refractivity contribution < 1.29 is 28.3 Å². The van der Waals surface area contributed by atoms with Gasteiger partial charge in [-0.15, -0.1) is 0 Å². The van der Waals surface area contributed by atoms with Gasteiger partial charge < -0.3 is 23.5 Å². The predicted octanol–water partition coefficient (Wildman–Crippen LogP) is 2.41. The largest absolute Gasteiger partial charge is 0.496 e. The Hall–Kier alpha value is -2.61. The number of carbonyl (C=O) groups excluding carboxylic acids is 1. The topological polar surface area (TPSA) is 92.9 Å². The van der Waals surface area contributed by atoms with E-state index in [-0.39, 0.29) is 18.1 Å². The van der Waals surface area contributed by atoms with Crippen molar-refractivity contribution in [3.05, 3.63) is 29.4 Å². The molecule has 0 N–H and O–H groups in total. The minimum Gasteiger partial charge on any atom is -0.496 e. The Balaban J connectivity index is 1.69. The molecule has 1 fully saturated rings. The molecule has 1 atom stereocenters. The lowest BCUT2D eigenvalue weighted by atomic mass is 10.0. The van der Waals surface area contributed by atoms with Gasteiger partial charge in [0.25, 0.3) is 0 Å². The van der Waals surface area contributed by atoms with E-state index in [4.69, 9.17) is 23.5 Å². The number of aryl methyl sites for hydroxylation is 1. The first-order chi connectivity index (χ1) is 12.7. The zero-order valence-electron chi connectivity index (χ0n) is 15.1. The predicted molar refractivity (Wildman–Crippen MR) is 91.2 cm³/mol. The third kappa shape index (κ3) is 3.80. The summed E-state index contributed by atoms with van der Waals surface area (Å²) in [7, 11) is 4.55. The third-order valence-corrected chi connectivity index (χ3v) is 4.35. The van der Waals surface area contributed by atoms with E-state index in [1.807, 2.05) is 0 Å². The third-order valence-electron chi connectivity index (χ3n) is 4.35. The van der Waals surface area contributed by atoms with E-state index >= 15 is 0 Å². The molecule has 0 saturated carbocycles. The van der Waals surface area contributed by atoms with E-state index < -0.39 is 0 Å². The van der Waals surface area contributed by atoms with Gasteiger partial charge in [0, 0.05) is 31.4 Å². The highest BCUT2D eigenvalue weighted by atomic mass is 16.5. The first kappa shape index (κ1) is 18.2. The Bertz CT molecular complexity index is 767. The fourth-order valence-electron chi connectivity index (χ4n) is 2.88. The van der Waals surface area contributed by atoms with Crippen LogP contribution in [0.15, 0.2) is 16.7 Å². The van der Waals surface area contributed by atoms with E-state index in [9.17, 15) is 4.79 Å². The Morgan fingerprint density at radius 2 is 1.88 bits per heavy atom. The van der Waals surface area contributed by atoms with Crippen LogP contribution in [0.4, 0.5) is 0 Å². The molecule has 1 aromatic heterocycles. The number of ether oxygens (including phenoxy) is 4. The molecule has 1 saturated heterocycles. The molecule has 8 nitrogen and oxygen atoms in total. The molecule has 0 amide bonds. The normalized spacial score (nSPS) is 16.5. The van der Waals surface area contributed by atoms with Gasteiger partial charge in [0.15, 0.2) is 23.1 Å². The maximum Gasteiger partial charge on any atom is 0.227 e. The summed E-state index contributed by atoms with van der Waals surface area (Å²) in [6.07, 6.45) is 1.46. The van der Waals surface area contributed by atoms with Crippen molar-refractivity contribution in [2.75, 3.05) is 34.5 Å². The Morgan fingerprint density at radius 3 is 2.54 bits per heavy atom. The molecule has 1 aliphatic heterocycles. The van der Waals surface area contributed by atoms with Crippen LogP contribution in [0.5, 0.6) is 17.2 Å². The standard InChI is InChI=1S/C18H22N2O6/c1-22-14-9-16(24-3)15(23-2)8-12(14)13(21)4-5-17-19-18(20-26-17)11-6-7-25-10-11/h8-9,11H,4-7,10H2,1-3H3. The van der Waals surface area contributed by atoms with E-state index in [1.165, 1.54) is 21.3 Å². The number of nitrogens with zero attached hydrogens (tertiary/aromatic N) is 2. The summed E-state index contributed by atoms with van der Waals surface area (Å²) >= 11 is 0. The second kappa shape index (κ2) is 8.18. The molecule has 1 aliphatic rings. The second-order valence-corrected chi connectivity index (χ2v) is 5.94. The van der Waals surface area contributed by atoms with Gasteiger partial charge in [-0.05, 0) is 12.5 Å². The van der Waals surface area contributed by atoms with Gasteiger partial charge in [0.1, 0.15) is 5.75 Å². The highest BCUT2D eigenvalue weighted by Crippen LogP contribution is 2.35. The fourth-order valence-corrected chi connectivity index (χ4v) is 2.88. The van der Waals surface area contributed by atoms with Gasteiger partial charge >= 0.3 is 0 Å². The van der Waals surface area contributed by atoms with E-state index in [0.29, 0.717) is 54.2 Å². The van der Waals surface area contributed by atoms with Gasteiger partial charge in [-0.3, -0.25) is 4.79 Å². The van der Waals surface area contributed by atoms with Crippen molar-refractivity contribution in [3.63, 3.8) is 0 Å². The number of Topliss-reactive ketones (excluding diaryl/α,β-unsaturated/α-hetero) is 1. The maximum absolute atomic E-state index is 12.6. The number of carbonyl (C=O) groups is 1. The van der Waals surface area contributed by atoms with Crippen molar-refractivity contribution in [1.29, 1.82) is 0 Å². The van der Waals surface area contributed by atoms with Gasteiger partial charge in [-0.25, -0.2) is 0 Å². The molecule has 26 heavy (non-hydrogen) atoms. The lowest BCUT2D eigenvalue weighted by Gasteiger charge is -2.13. The van der Waals surface area contributed by atoms with E-state index in [2.05, 4.69) is 10.1 Å².